The van der Waals surface area contributed by atoms with Crippen molar-refractivity contribution in [1.29, 1.82) is 0 Å². The Balaban J connectivity index is 3.71. The van der Waals surface area contributed by atoms with Crippen molar-refractivity contribution in [3.8, 4) is 0 Å². The highest BCUT2D eigenvalue weighted by Crippen LogP contribution is 1.94. The van der Waals surface area contributed by atoms with Crippen LogP contribution in [-0.2, 0) is 0 Å². The Morgan fingerprint density at radius 3 is 2.18 bits per heavy atom. The fourth-order valence-corrected chi connectivity index (χ4v) is 0.922. The molecule has 0 aliphatic rings. The van der Waals surface area contributed by atoms with Gasteiger partial charge in [-0.15, -0.1) is 0 Å². The summed E-state index contributed by atoms with van der Waals surface area (Å²) in [6.45, 7) is 7.98. The van der Waals surface area contributed by atoms with E-state index >= 15 is 0 Å². The lowest BCUT2D eigenvalue weighted by Crippen LogP contribution is -2.34. The lowest BCUT2D eigenvalue weighted by Gasteiger charge is -2.17. The highest BCUT2D eigenvalue weighted by atomic mass is 16.6. The monoisotopic (exact) mass is 160 g/mol. The third-order valence-electron chi connectivity index (χ3n) is 1.78. The van der Waals surface area contributed by atoms with Gasteiger partial charge in [-0.25, -0.2) is 0 Å². The second-order valence-electron chi connectivity index (χ2n) is 2.62. The van der Waals surface area contributed by atoms with Gasteiger partial charge in [0, 0.05) is 11.8 Å². The SMILES string of the molecule is CCN(CC)CC(C)[N+](=O)[O-]. The second-order valence-corrected chi connectivity index (χ2v) is 2.62. The molecule has 0 spiro atoms. The number of hydrogen-bond acceptors (Lipinski definition) is 3. The van der Waals surface area contributed by atoms with Gasteiger partial charge in [0.05, 0.1) is 6.54 Å². The molecule has 0 rings (SSSR count). The maximum absolute atomic E-state index is 10.2. The second kappa shape index (κ2) is 5.07. The van der Waals surface area contributed by atoms with E-state index < -0.39 is 6.04 Å². The molecule has 66 valence electrons. The van der Waals surface area contributed by atoms with Gasteiger partial charge in [0.2, 0.25) is 6.04 Å². The first-order valence-electron chi connectivity index (χ1n) is 3.97. The molecule has 11 heavy (non-hydrogen) atoms. The van der Waals surface area contributed by atoms with E-state index in [0.29, 0.717) is 6.54 Å². The zero-order chi connectivity index (χ0) is 8.85. The van der Waals surface area contributed by atoms with Gasteiger partial charge in [-0.2, -0.15) is 0 Å². The van der Waals surface area contributed by atoms with Crippen LogP contribution >= 0.6 is 0 Å². The smallest absolute Gasteiger partial charge is 0.222 e. The number of nitrogens with zero attached hydrogens (tertiary/aromatic N) is 2. The molecule has 1 unspecified atom stereocenters. The Morgan fingerprint density at radius 1 is 1.45 bits per heavy atom. The maximum Gasteiger partial charge on any atom is 0.222 e. The molecule has 0 aromatic carbocycles. The summed E-state index contributed by atoms with van der Waals surface area (Å²) in [5.74, 6) is 0. The molecule has 0 fully saturated rings. The Kier molecular flexibility index (Phi) is 4.77. The topological polar surface area (TPSA) is 46.4 Å². The molecule has 4 heteroatoms. The van der Waals surface area contributed by atoms with Crippen LogP contribution in [-0.4, -0.2) is 35.5 Å². The molecule has 0 bridgehead atoms. The van der Waals surface area contributed by atoms with Crippen molar-refractivity contribution >= 4 is 0 Å². The van der Waals surface area contributed by atoms with Crippen LogP contribution in [0.15, 0.2) is 0 Å². The molecule has 0 heterocycles. The fourth-order valence-electron chi connectivity index (χ4n) is 0.922. The van der Waals surface area contributed by atoms with Crippen molar-refractivity contribution in [2.24, 2.45) is 0 Å². The van der Waals surface area contributed by atoms with Gasteiger partial charge in [-0.1, -0.05) is 13.8 Å². The van der Waals surface area contributed by atoms with Gasteiger partial charge < -0.3 is 0 Å². The number of nitro groups is 1. The third-order valence-corrected chi connectivity index (χ3v) is 1.78. The molecule has 0 N–H and O–H groups in total. The molecule has 0 radical (unpaired) electrons. The predicted molar refractivity (Wildman–Crippen MR) is 44.2 cm³/mol. The van der Waals surface area contributed by atoms with E-state index in [0.717, 1.165) is 13.1 Å². The summed E-state index contributed by atoms with van der Waals surface area (Å²) in [7, 11) is 0. The van der Waals surface area contributed by atoms with E-state index in [1.165, 1.54) is 0 Å². The number of hydrogen-bond donors (Lipinski definition) is 0. The van der Waals surface area contributed by atoms with E-state index in [1.807, 2.05) is 18.7 Å². The van der Waals surface area contributed by atoms with Crippen LogP contribution in [0.3, 0.4) is 0 Å². The van der Waals surface area contributed by atoms with Crippen molar-refractivity contribution in [2.45, 2.75) is 26.8 Å². The van der Waals surface area contributed by atoms with Crippen molar-refractivity contribution in [1.82, 2.24) is 4.90 Å². The summed E-state index contributed by atoms with van der Waals surface area (Å²) >= 11 is 0. The number of likely N-dealkylation sites (N-methyl/N-ethyl adjacent to an activating group) is 1. The van der Waals surface area contributed by atoms with Crippen molar-refractivity contribution in [3.63, 3.8) is 0 Å². The van der Waals surface area contributed by atoms with Crippen molar-refractivity contribution in [3.05, 3.63) is 10.1 Å². The zero-order valence-electron chi connectivity index (χ0n) is 7.41. The van der Waals surface area contributed by atoms with Gasteiger partial charge in [0.25, 0.3) is 0 Å². The Hall–Kier alpha value is -0.640. The minimum atomic E-state index is -0.449. The average Bonchev–Trinajstić information content (AvgIpc) is 1.99. The van der Waals surface area contributed by atoms with E-state index in [9.17, 15) is 10.1 Å². The molecular weight excluding hydrogens is 144 g/mol. The normalized spacial score (nSPS) is 13.5. The molecule has 0 aliphatic carbocycles. The first-order valence-corrected chi connectivity index (χ1v) is 3.97. The van der Waals surface area contributed by atoms with Crippen LogP contribution in [0.1, 0.15) is 20.8 Å². The quantitative estimate of drug-likeness (QED) is 0.445. The van der Waals surface area contributed by atoms with Crippen LogP contribution < -0.4 is 0 Å². The summed E-state index contributed by atoms with van der Waals surface area (Å²) < 4.78 is 0. The fraction of sp³-hybridized carbons (Fsp3) is 1.00. The van der Waals surface area contributed by atoms with Crippen molar-refractivity contribution in [2.75, 3.05) is 19.6 Å². The highest BCUT2D eigenvalue weighted by molar-refractivity contribution is 4.57. The van der Waals surface area contributed by atoms with E-state index in [-0.39, 0.29) is 4.92 Å². The van der Waals surface area contributed by atoms with Crippen LogP contribution in [0.5, 0.6) is 0 Å². The van der Waals surface area contributed by atoms with E-state index in [2.05, 4.69) is 0 Å². The standard InChI is InChI=1S/C7H16N2O2/c1-4-8(5-2)6-7(3)9(10)11/h7H,4-6H2,1-3H3. The Morgan fingerprint density at radius 2 is 1.91 bits per heavy atom. The summed E-state index contributed by atoms with van der Waals surface area (Å²) in [6, 6.07) is -0.449. The molecule has 0 saturated heterocycles. The van der Waals surface area contributed by atoms with E-state index in [1.54, 1.807) is 6.92 Å². The van der Waals surface area contributed by atoms with Gasteiger partial charge >= 0.3 is 0 Å². The largest absolute Gasteiger partial charge is 0.297 e. The van der Waals surface area contributed by atoms with Crippen LogP contribution in [0, 0.1) is 10.1 Å². The van der Waals surface area contributed by atoms with E-state index in [4.69, 9.17) is 0 Å². The van der Waals surface area contributed by atoms with Gasteiger partial charge in [-0.3, -0.25) is 15.0 Å². The highest BCUT2D eigenvalue weighted by Gasteiger charge is 2.15. The van der Waals surface area contributed by atoms with Crippen LogP contribution in [0.25, 0.3) is 0 Å². The number of rotatable bonds is 5. The predicted octanol–water partition coefficient (Wildman–Crippen LogP) is 0.993. The first-order chi connectivity index (χ1) is 5.11. The molecule has 4 nitrogen and oxygen atoms in total. The minimum absolute atomic E-state index is 0.238. The summed E-state index contributed by atoms with van der Waals surface area (Å²) in [6.07, 6.45) is 0. The molecule has 1 atom stereocenters. The zero-order valence-corrected chi connectivity index (χ0v) is 7.41. The molecule has 0 aromatic heterocycles. The summed E-state index contributed by atoms with van der Waals surface area (Å²) in [5.41, 5.74) is 0. The molecule has 0 aromatic rings. The van der Waals surface area contributed by atoms with Crippen molar-refractivity contribution < 1.29 is 4.92 Å². The van der Waals surface area contributed by atoms with Gasteiger partial charge in [0.1, 0.15) is 0 Å². The van der Waals surface area contributed by atoms with Crippen LogP contribution in [0.2, 0.25) is 0 Å². The third kappa shape index (κ3) is 3.93. The molecular formula is C7H16N2O2. The van der Waals surface area contributed by atoms with Crippen LogP contribution in [0.4, 0.5) is 0 Å². The van der Waals surface area contributed by atoms with Gasteiger partial charge in [-0.05, 0) is 13.1 Å². The molecule has 0 amide bonds. The summed E-state index contributed by atoms with van der Waals surface area (Å²) in [4.78, 5) is 12.1. The van der Waals surface area contributed by atoms with Gasteiger partial charge in [0.15, 0.2) is 0 Å². The summed E-state index contributed by atoms with van der Waals surface area (Å²) in [5, 5.41) is 10.2. The molecule has 0 aliphatic heterocycles. The lowest BCUT2D eigenvalue weighted by molar-refractivity contribution is -0.518. The lowest BCUT2D eigenvalue weighted by atomic mass is 10.3. The molecule has 0 saturated carbocycles. The Labute approximate surface area is 67.3 Å². The average molecular weight is 160 g/mol. The maximum atomic E-state index is 10.2. The minimum Gasteiger partial charge on any atom is -0.297 e. The Bertz CT molecular complexity index is 124. The first kappa shape index (κ1) is 10.4.